The molecule has 78 valence electrons. The average Bonchev–Trinajstić information content (AvgIpc) is 2.20. The van der Waals surface area contributed by atoms with Crippen molar-refractivity contribution in [2.24, 2.45) is 5.92 Å². The van der Waals surface area contributed by atoms with Gasteiger partial charge in [-0.05, 0) is 31.4 Å². The molecule has 0 spiro atoms. The topological polar surface area (TPSA) is 24.9 Å². The van der Waals surface area contributed by atoms with Crippen LogP contribution in [0.25, 0.3) is 0 Å². The molecule has 1 aromatic heterocycles. The lowest BCUT2D eigenvalue weighted by atomic mass is 10.0. The average molecular weight is 192 g/mol. The van der Waals surface area contributed by atoms with Crippen LogP contribution in [0, 0.1) is 12.8 Å². The minimum absolute atomic E-state index is 0.503. The predicted molar refractivity (Wildman–Crippen MR) is 61.5 cm³/mol. The molecule has 2 nitrogen and oxygen atoms in total. The summed E-state index contributed by atoms with van der Waals surface area (Å²) in [4.78, 5) is 4.12. The molecule has 0 fully saturated rings. The Morgan fingerprint density at radius 3 is 2.71 bits per heavy atom. The van der Waals surface area contributed by atoms with Gasteiger partial charge in [-0.25, -0.2) is 0 Å². The number of nitrogens with zero attached hydrogens (tertiary/aromatic N) is 1. The Morgan fingerprint density at radius 2 is 2.14 bits per heavy atom. The highest BCUT2D eigenvalue weighted by Crippen LogP contribution is 2.17. The summed E-state index contributed by atoms with van der Waals surface area (Å²) in [5.41, 5.74) is 2.41. The molecular weight excluding hydrogens is 172 g/mol. The molecule has 1 rings (SSSR count). The second-order valence-electron chi connectivity index (χ2n) is 4.01. The second-order valence-corrected chi connectivity index (χ2v) is 4.01. The van der Waals surface area contributed by atoms with Crippen molar-refractivity contribution >= 4 is 5.69 Å². The van der Waals surface area contributed by atoms with Crippen LogP contribution < -0.4 is 5.32 Å². The molecule has 2 atom stereocenters. The molecule has 0 aromatic carbocycles. The van der Waals surface area contributed by atoms with Gasteiger partial charge in [-0.2, -0.15) is 0 Å². The fourth-order valence-corrected chi connectivity index (χ4v) is 1.36. The van der Waals surface area contributed by atoms with Crippen molar-refractivity contribution in [3.8, 4) is 0 Å². The molecule has 0 aliphatic heterocycles. The molecule has 2 heteroatoms. The summed E-state index contributed by atoms with van der Waals surface area (Å²) >= 11 is 0. The number of pyridine rings is 1. The SMILES string of the molecule is CCC(C)C(C)Nc1cnccc1C. The molecule has 0 aliphatic rings. The summed E-state index contributed by atoms with van der Waals surface area (Å²) in [6.45, 7) is 8.82. The van der Waals surface area contributed by atoms with E-state index in [4.69, 9.17) is 0 Å². The Labute approximate surface area is 86.8 Å². The van der Waals surface area contributed by atoms with Gasteiger partial charge in [0.15, 0.2) is 0 Å². The van der Waals surface area contributed by atoms with Gasteiger partial charge in [0.1, 0.15) is 0 Å². The van der Waals surface area contributed by atoms with Gasteiger partial charge in [-0.3, -0.25) is 4.98 Å². The smallest absolute Gasteiger partial charge is 0.0558 e. The van der Waals surface area contributed by atoms with Crippen LogP contribution in [-0.4, -0.2) is 11.0 Å². The van der Waals surface area contributed by atoms with Crippen LogP contribution >= 0.6 is 0 Å². The van der Waals surface area contributed by atoms with E-state index in [0.717, 1.165) is 5.69 Å². The minimum atomic E-state index is 0.503. The number of aromatic nitrogens is 1. The molecule has 2 unspecified atom stereocenters. The molecule has 14 heavy (non-hydrogen) atoms. The van der Waals surface area contributed by atoms with Gasteiger partial charge in [0.2, 0.25) is 0 Å². The Morgan fingerprint density at radius 1 is 1.43 bits per heavy atom. The van der Waals surface area contributed by atoms with Crippen molar-refractivity contribution < 1.29 is 0 Å². The molecule has 1 aromatic rings. The molecule has 1 heterocycles. The Balaban J connectivity index is 2.64. The Kier molecular flexibility index (Phi) is 3.93. The molecular formula is C12H20N2. The van der Waals surface area contributed by atoms with Gasteiger partial charge in [0.05, 0.1) is 11.9 Å². The molecule has 0 amide bonds. The van der Waals surface area contributed by atoms with Crippen molar-refractivity contribution in [1.29, 1.82) is 0 Å². The minimum Gasteiger partial charge on any atom is -0.381 e. The first-order valence-electron chi connectivity index (χ1n) is 5.32. The summed E-state index contributed by atoms with van der Waals surface area (Å²) in [6.07, 6.45) is 4.93. The first-order valence-corrected chi connectivity index (χ1v) is 5.32. The highest BCUT2D eigenvalue weighted by Gasteiger charge is 2.10. The van der Waals surface area contributed by atoms with E-state index in [2.05, 4.69) is 38.0 Å². The zero-order valence-electron chi connectivity index (χ0n) is 9.54. The van der Waals surface area contributed by atoms with Gasteiger partial charge < -0.3 is 5.32 Å². The largest absolute Gasteiger partial charge is 0.381 e. The Bertz CT molecular complexity index is 283. The first kappa shape index (κ1) is 11.0. The lowest BCUT2D eigenvalue weighted by Crippen LogP contribution is -2.23. The normalized spacial score (nSPS) is 14.9. The third kappa shape index (κ3) is 2.72. The van der Waals surface area contributed by atoms with E-state index in [1.807, 2.05) is 18.5 Å². The molecule has 0 saturated carbocycles. The van der Waals surface area contributed by atoms with Gasteiger partial charge in [0.25, 0.3) is 0 Å². The monoisotopic (exact) mass is 192 g/mol. The maximum Gasteiger partial charge on any atom is 0.0558 e. The number of rotatable bonds is 4. The zero-order valence-corrected chi connectivity index (χ0v) is 9.54. The molecule has 0 radical (unpaired) electrons. The lowest BCUT2D eigenvalue weighted by molar-refractivity contribution is 0.494. The Hall–Kier alpha value is -1.05. The highest BCUT2D eigenvalue weighted by molar-refractivity contribution is 5.48. The molecule has 1 N–H and O–H groups in total. The van der Waals surface area contributed by atoms with E-state index < -0.39 is 0 Å². The fraction of sp³-hybridized carbons (Fsp3) is 0.583. The van der Waals surface area contributed by atoms with Gasteiger partial charge in [0, 0.05) is 12.2 Å². The molecule has 0 bridgehead atoms. The molecule has 0 saturated heterocycles. The molecule has 0 aliphatic carbocycles. The van der Waals surface area contributed by atoms with Gasteiger partial charge in [-0.1, -0.05) is 20.3 Å². The van der Waals surface area contributed by atoms with Crippen LogP contribution in [0.3, 0.4) is 0 Å². The summed E-state index contributed by atoms with van der Waals surface area (Å²) in [6, 6.07) is 2.54. The maximum atomic E-state index is 4.12. The van der Waals surface area contributed by atoms with Crippen LogP contribution in [0.4, 0.5) is 5.69 Å². The van der Waals surface area contributed by atoms with Crippen molar-refractivity contribution in [2.45, 2.75) is 40.2 Å². The summed E-state index contributed by atoms with van der Waals surface area (Å²) in [5.74, 6) is 0.689. The van der Waals surface area contributed by atoms with E-state index in [1.54, 1.807) is 0 Å². The maximum absolute atomic E-state index is 4.12. The number of anilines is 1. The number of nitrogens with one attached hydrogen (secondary N) is 1. The van der Waals surface area contributed by atoms with E-state index in [1.165, 1.54) is 12.0 Å². The zero-order chi connectivity index (χ0) is 10.6. The van der Waals surface area contributed by atoms with Gasteiger partial charge in [-0.15, -0.1) is 0 Å². The van der Waals surface area contributed by atoms with E-state index >= 15 is 0 Å². The number of hydrogen-bond acceptors (Lipinski definition) is 2. The van der Waals surface area contributed by atoms with Crippen molar-refractivity contribution in [3.05, 3.63) is 24.0 Å². The van der Waals surface area contributed by atoms with Crippen molar-refractivity contribution in [2.75, 3.05) is 5.32 Å². The summed E-state index contributed by atoms with van der Waals surface area (Å²) in [5, 5.41) is 3.50. The van der Waals surface area contributed by atoms with E-state index in [0.29, 0.717) is 12.0 Å². The third-order valence-corrected chi connectivity index (χ3v) is 2.92. The van der Waals surface area contributed by atoms with Crippen LogP contribution in [0.5, 0.6) is 0 Å². The lowest BCUT2D eigenvalue weighted by Gasteiger charge is -2.21. The number of hydrogen-bond donors (Lipinski definition) is 1. The summed E-state index contributed by atoms with van der Waals surface area (Å²) in [7, 11) is 0. The van der Waals surface area contributed by atoms with Crippen LogP contribution in [0.1, 0.15) is 32.8 Å². The van der Waals surface area contributed by atoms with Crippen LogP contribution in [0.2, 0.25) is 0 Å². The fourth-order valence-electron chi connectivity index (χ4n) is 1.36. The van der Waals surface area contributed by atoms with E-state index in [-0.39, 0.29) is 0 Å². The predicted octanol–water partition coefficient (Wildman–Crippen LogP) is 3.24. The van der Waals surface area contributed by atoms with Crippen molar-refractivity contribution in [3.63, 3.8) is 0 Å². The summed E-state index contributed by atoms with van der Waals surface area (Å²) < 4.78 is 0. The first-order chi connectivity index (χ1) is 6.65. The van der Waals surface area contributed by atoms with Gasteiger partial charge >= 0.3 is 0 Å². The van der Waals surface area contributed by atoms with Crippen LogP contribution in [-0.2, 0) is 0 Å². The quantitative estimate of drug-likeness (QED) is 0.792. The standard InChI is InChI=1S/C12H20N2/c1-5-9(2)11(4)14-12-8-13-7-6-10(12)3/h6-9,11,14H,5H2,1-4H3. The van der Waals surface area contributed by atoms with E-state index in [9.17, 15) is 0 Å². The van der Waals surface area contributed by atoms with Crippen molar-refractivity contribution in [1.82, 2.24) is 4.98 Å². The number of aryl methyl sites for hydroxylation is 1. The highest BCUT2D eigenvalue weighted by atomic mass is 14.9. The second kappa shape index (κ2) is 4.99. The van der Waals surface area contributed by atoms with Crippen LogP contribution in [0.15, 0.2) is 18.5 Å². The third-order valence-electron chi connectivity index (χ3n) is 2.92.